The van der Waals surface area contributed by atoms with Gasteiger partial charge in [-0.15, -0.1) is 11.6 Å². The van der Waals surface area contributed by atoms with Gasteiger partial charge in [0.1, 0.15) is 0 Å². The maximum Gasteiger partial charge on any atom is 0.0818 e. The molecule has 0 radical (unpaired) electrons. The van der Waals surface area contributed by atoms with Crippen molar-refractivity contribution < 1.29 is 4.74 Å². The van der Waals surface area contributed by atoms with Gasteiger partial charge >= 0.3 is 0 Å². The summed E-state index contributed by atoms with van der Waals surface area (Å²) in [6, 6.07) is 0. The second-order valence-corrected chi connectivity index (χ2v) is 3.38. The molecule has 0 aliphatic heterocycles. The van der Waals surface area contributed by atoms with Gasteiger partial charge in [-0.1, -0.05) is 11.6 Å². The average Bonchev–Trinajstić information content (AvgIpc) is 2.46. The Labute approximate surface area is 87.6 Å². The van der Waals surface area contributed by atoms with Crippen LogP contribution < -0.4 is 0 Å². The lowest BCUT2D eigenvalue weighted by Crippen LogP contribution is -2.09. The van der Waals surface area contributed by atoms with Crippen molar-refractivity contribution >= 4 is 23.2 Å². The first-order valence-electron chi connectivity index (χ1n) is 4.04. The molecule has 1 heterocycles. The molecule has 0 fully saturated rings. The van der Waals surface area contributed by atoms with E-state index in [1.165, 1.54) is 0 Å². The molecule has 1 aromatic rings. The largest absolute Gasteiger partial charge is 0.383 e. The smallest absolute Gasteiger partial charge is 0.0818 e. The van der Waals surface area contributed by atoms with E-state index in [4.69, 9.17) is 27.9 Å². The molecule has 0 unspecified atom stereocenters. The van der Waals surface area contributed by atoms with Gasteiger partial charge < -0.3 is 4.74 Å². The molecule has 1 rings (SSSR count). The van der Waals surface area contributed by atoms with Gasteiger partial charge in [-0.3, -0.25) is 4.68 Å². The third-order valence-electron chi connectivity index (χ3n) is 1.74. The minimum atomic E-state index is 0.554. The Balaban J connectivity index is 2.68. The molecule has 3 nitrogen and oxygen atoms in total. The van der Waals surface area contributed by atoms with Crippen molar-refractivity contribution in [1.82, 2.24) is 9.78 Å². The zero-order valence-electron chi connectivity index (χ0n) is 7.46. The molecule has 5 heteroatoms. The fraction of sp³-hybridized carbons (Fsp3) is 0.625. The number of aromatic nitrogens is 2. The predicted molar refractivity (Wildman–Crippen MR) is 53.5 cm³/mol. The highest BCUT2D eigenvalue weighted by Crippen LogP contribution is 2.15. The highest BCUT2D eigenvalue weighted by atomic mass is 35.5. The molecule has 0 amide bonds. The molecule has 0 aromatic carbocycles. The van der Waals surface area contributed by atoms with Gasteiger partial charge in [0.15, 0.2) is 0 Å². The number of nitrogens with zero attached hydrogens (tertiary/aromatic N) is 2. The minimum Gasteiger partial charge on any atom is -0.383 e. The van der Waals surface area contributed by atoms with E-state index in [2.05, 4.69) is 5.10 Å². The summed E-state index contributed by atoms with van der Waals surface area (Å²) in [6.45, 7) is 1.35. The van der Waals surface area contributed by atoms with Crippen molar-refractivity contribution in [3.63, 3.8) is 0 Å². The van der Waals surface area contributed by atoms with E-state index < -0.39 is 0 Å². The van der Waals surface area contributed by atoms with E-state index in [-0.39, 0.29) is 0 Å². The molecular formula is C8H12Cl2N2O. The summed E-state index contributed by atoms with van der Waals surface area (Å²) in [7, 11) is 1.66. The van der Waals surface area contributed by atoms with Crippen molar-refractivity contribution in [1.29, 1.82) is 0 Å². The Kier molecular flexibility index (Phi) is 4.56. The maximum absolute atomic E-state index is 5.92. The first kappa shape index (κ1) is 10.8. The summed E-state index contributed by atoms with van der Waals surface area (Å²) in [5.74, 6) is 0.554. The summed E-state index contributed by atoms with van der Waals surface area (Å²) in [6.07, 6.45) is 2.38. The van der Waals surface area contributed by atoms with Gasteiger partial charge in [-0.25, -0.2) is 0 Å². The van der Waals surface area contributed by atoms with Gasteiger partial charge in [0.05, 0.1) is 30.1 Å². The van der Waals surface area contributed by atoms with Crippen LogP contribution in [-0.4, -0.2) is 29.4 Å². The molecular weight excluding hydrogens is 211 g/mol. The predicted octanol–water partition coefficient (Wildman–Crippen LogP) is 1.96. The molecule has 13 heavy (non-hydrogen) atoms. The summed E-state index contributed by atoms with van der Waals surface area (Å²) >= 11 is 11.6. The zero-order chi connectivity index (χ0) is 9.68. The van der Waals surface area contributed by atoms with E-state index >= 15 is 0 Å². The van der Waals surface area contributed by atoms with E-state index in [1.54, 1.807) is 13.3 Å². The molecule has 0 atom stereocenters. The van der Waals surface area contributed by atoms with Crippen molar-refractivity contribution in [2.75, 3.05) is 19.6 Å². The first-order chi connectivity index (χ1) is 6.29. The van der Waals surface area contributed by atoms with Crippen LogP contribution in [0.25, 0.3) is 0 Å². The Morgan fingerprint density at radius 3 is 3.00 bits per heavy atom. The molecule has 0 bridgehead atoms. The lowest BCUT2D eigenvalue weighted by Gasteiger charge is -2.05. The van der Waals surface area contributed by atoms with E-state index in [1.807, 2.05) is 4.68 Å². The Morgan fingerprint density at radius 2 is 2.38 bits per heavy atom. The summed E-state index contributed by atoms with van der Waals surface area (Å²) < 4.78 is 6.78. The van der Waals surface area contributed by atoms with Gasteiger partial charge in [-0.2, -0.15) is 5.10 Å². The van der Waals surface area contributed by atoms with Crippen LogP contribution in [0, 0.1) is 0 Å². The zero-order valence-corrected chi connectivity index (χ0v) is 8.98. The van der Waals surface area contributed by atoms with Crippen molar-refractivity contribution in [2.24, 2.45) is 0 Å². The standard InChI is InChI=1S/C8H12Cl2N2O/c1-13-5-4-12-8(2-3-9)7(10)6-11-12/h6H,2-5H2,1H3. The molecule has 0 N–H and O–H groups in total. The van der Waals surface area contributed by atoms with E-state index in [0.29, 0.717) is 17.5 Å². The number of methoxy groups -OCH3 is 1. The quantitative estimate of drug-likeness (QED) is 0.713. The molecule has 0 spiro atoms. The third-order valence-corrected chi connectivity index (χ3v) is 2.24. The number of halogens is 2. The van der Waals surface area contributed by atoms with Crippen LogP contribution in [-0.2, 0) is 17.7 Å². The Bertz CT molecular complexity index is 263. The van der Waals surface area contributed by atoms with Crippen LogP contribution in [0.1, 0.15) is 5.69 Å². The molecule has 0 aliphatic carbocycles. The fourth-order valence-electron chi connectivity index (χ4n) is 1.10. The maximum atomic E-state index is 5.92. The summed E-state index contributed by atoms with van der Waals surface area (Å²) in [4.78, 5) is 0. The number of rotatable bonds is 5. The molecule has 0 saturated heterocycles. The van der Waals surface area contributed by atoms with Gasteiger partial charge in [-0.05, 0) is 0 Å². The van der Waals surface area contributed by atoms with Crippen LogP contribution in [0.4, 0.5) is 0 Å². The van der Waals surface area contributed by atoms with Crippen LogP contribution in [0.2, 0.25) is 5.02 Å². The van der Waals surface area contributed by atoms with Crippen LogP contribution in [0.3, 0.4) is 0 Å². The Morgan fingerprint density at radius 1 is 1.62 bits per heavy atom. The number of alkyl halides is 1. The second kappa shape index (κ2) is 5.47. The summed E-state index contributed by atoms with van der Waals surface area (Å²) in [5.41, 5.74) is 0.980. The SMILES string of the molecule is COCCn1ncc(Cl)c1CCCl. The highest BCUT2D eigenvalue weighted by Gasteiger charge is 2.07. The first-order valence-corrected chi connectivity index (χ1v) is 4.96. The molecule has 74 valence electrons. The highest BCUT2D eigenvalue weighted by molar-refractivity contribution is 6.31. The van der Waals surface area contributed by atoms with Crippen LogP contribution >= 0.6 is 23.2 Å². The lowest BCUT2D eigenvalue weighted by molar-refractivity contribution is 0.182. The third kappa shape index (κ3) is 2.86. The average molecular weight is 223 g/mol. The van der Waals surface area contributed by atoms with Gasteiger partial charge in [0.25, 0.3) is 0 Å². The topological polar surface area (TPSA) is 27.1 Å². The minimum absolute atomic E-state index is 0.554. The normalized spacial score (nSPS) is 10.7. The summed E-state index contributed by atoms with van der Waals surface area (Å²) in [5, 5.41) is 4.80. The van der Waals surface area contributed by atoms with Crippen LogP contribution in [0.5, 0.6) is 0 Å². The van der Waals surface area contributed by atoms with Gasteiger partial charge in [0.2, 0.25) is 0 Å². The van der Waals surface area contributed by atoms with E-state index in [9.17, 15) is 0 Å². The number of hydrogen-bond acceptors (Lipinski definition) is 2. The monoisotopic (exact) mass is 222 g/mol. The second-order valence-electron chi connectivity index (χ2n) is 2.59. The van der Waals surface area contributed by atoms with Crippen LogP contribution in [0.15, 0.2) is 6.20 Å². The molecule has 1 aromatic heterocycles. The van der Waals surface area contributed by atoms with Crippen molar-refractivity contribution in [2.45, 2.75) is 13.0 Å². The van der Waals surface area contributed by atoms with Crippen molar-refractivity contribution in [3.05, 3.63) is 16.9 Å². The van der Waals surface area contributed by atoms with E-state index in [0.717, 1.165) is 18.7 Å². The Hall–Kier alpha value is -0.250. The number of hydrogen-bond donors (Lipinski definition) is 0. The lowest BCUT2D eigenvalue weighted by atomic mass is 10.3. The van der Waals surface area contributed by atoms with Crippen molar-refractivity contribution in [3.8, 4) is 0 Å². The fourth-order valence-corrected chi connectivity index (χ4v) is 1.51. The van der Waals surface area contributed by atoms with Gasteiger partial charge in [0, 0.05) is 19.4 Å². The number of ether oxygens (including phenoxy) is 1. The molecule has 0 aliphatic rings. The molecule has 0 saturated carbocycles.